The normalized spacial score (nSPS) is 13.6. The number of hydrogen-bond donors (Lipinski definition) is 1. The van der Waals surface area contributed by atoms with Crippen molar-refractivity contribution in [3.05, 3.63) is 0 Å². The Labute approximate surface area is 100 Å². The Morgan fingerprint density at radius 1 is 1.06 bits per heavy atom. The highest BCUT2D eigenvalue weighted by Gasteiger charge is 2.24. The molecule has 0 spiro atoms. The van der Waals surface area contributed by atoms with E-state index in [-0.39, 0.29) is 18.0 Å². The summed E-state index contributed by atoms with van der Waals surface area (Å²) >= 11 is 0. The van der Waals surface area contributed by atoms with Crippen molar-refractivity contribution in [2.45, 2.75) is 60.0 Å². The summed E-state index contributed by atoms with van der Waals surface area (Å²) in [6, 6.07) is -0.116. The van der Waals surface area contributed by atoms with Crippen molar-refractivity contribution in [2.75, 3.05) is 6.54 Å². The Hall–Kier alpha value is -0.570. The molecule has 0 rings (SSSR count). The van der Waals surface area contributed by atoms with Crippen LogP contribution in [0.15, 0.2) is 0 Å². The SMILES string of the molecule is CC(C)C[C@H](N)C(=O)N(CC(C)C)C(C)C. The highest BCUT2D eigenvalue weighted by atomic mass is 16.2. The number of hydrogen-bond acceptors (Lipinski definition) is 2. The van der Waals surface area contributed by atoms with Gasteiger partial charge in [-0.15, -0.1) is 0 Å². The average molecular weight is 228 g/mol. The maximum atomic E-state index is 12.2. The monoisotopic (exact) mass is 228 g/mol. The molecule has 3 heteroatoms. The maximum absolute atomic E-state index is 12.2. The van der Waals surface area contributed by atoms with E-state index >= 15 is 0 Å². The molecule has 0 radical (unpaired) electrons. The Morgan fingerprint density at radius 3 is 1.88 bits per heavy atom. The topological polar surface area (TPSA) is 46.3 Å². The van der Waals surface area contributed by atoms with Gasteiger partial charge in [0.1, 0.15) is 0 Å². The highest BCUT2D eigenvalue weighted by Crippen LogP contribution is 2.10. The van der Waals surface area contributed by atoms with Gasteiger partial charge >= 0.3 is 0 Å². The summed E-state index contributed by atoms with van der Waals surface area (Å²) in [5.74, 6) is 1.04. The highest BCUT2D eigenvalue weighted by molar-refractivity contribution is 5.81. The van der Waals surface area contributed by atoms with E-state index in [1.807, 2.05) is 18.7 Å². The summed E-state index contributed by atoms with van der Waals surface area (Å²) in [7, 11) is 0. The third-order valence-electron chi connectivity index (χ3n) is 2.51. The van der Waals surface area contributed by atoms with Gasteiger partial charge in [-0.3, -0.25) is 4.79 Å². The smallest absolute Gasteiger partial charge is 0.239 e. The average Bonchev–Trinajstić information content (AvgIpc) is 2.11. The number of carbonyl (C=O) groups is 1. The molecule has 96 valence electrons. The lowest BCUT2D eigenvalue weighted by Gasteiger charge is -2.31. The number of amides is 1. The van der Waals surface area contributed by atoms with Crippen molar-refractivity contribution in [1.82, 2.24) is 4.90 Å². The van der Waals surface area contributed by atoms with Crippen molar-refractivity contribution >= 4 is 5.91 Å². The third-order valence-corrected chi connectivity index (χ3v) is 2.51. The first-order chi connectivity index (χ1) is 7.25. The molecule has 3 nitrogen and oxygen atoms in total. The molecule has 0 saturated heterocycles. The van der Waals surface area contributed by atoms with Crippen LogP contribution in [0.1, 0.15) is 48.0 Å². The van der Waals surface area contributed by atoms with Crippen LogP contribution in [0.3, 0.4) is 0 Å². The minimum Gasteiger partial charge on any atom is -0.339 e. The summed E-state index contributed by atoms with van der Waals surface area (Å²) in [4.78, 5) is 14.1. The van der Waals surface area contributed by atoms with E-state index in [2.05, 4.69) is 27.7 Å². The summed E-state index contributed by atoms with van der Waals surface area (Å²) in [6.45, 7) is 13.3. The number of rotatable bonds is 6. The first-order valence-electron chi connectivity index (χ1n) is 6.31. The van der Waals surface area contributed by atoms with Gasteiger partial charge in [-0.2, -0.15) is 0 Å². The van der Waals surface area contributed by atoms with E-state index in [1.165, 1.54) is 0 Å². The Kier molecular flexibility index (Phi) is 6.65. The fraction of sp³-hybridized carbons (Fsp3) is 0.923. The molecule has 0 aromatic heterocycles. The zero-order chi connectivity index (χ0) is 12.9. The van der Waals surface area contributed by atoms with E-state index in [4.69, 9.17) is 5.73 Å². The molecule has 1 amide bonds. The second-order valence-electron chi connectivity index (χ2n) is 5.71. The fourth-order valence-corrected chi connectivity index (χ4v) is 1.77. The summed E-state index contributed by atoms with van der Waals surface area (Å²) in [5.41, 5.74) is 5.94. The minimum absolute atomic E-state index is 0.0948. The van der Waals surface area contributed by atoms with Crippen molar-refractivity contribution in [3.8, 4) is 0 Å². The fourth-order valence-electron chi connectivity index (χ4n) is 1.77. The lowest BCUT2D eigenvalue weighted by molar-refractivity contribution is -0.135. The Bertz CT molecular complexity index is 212. The van der Waals surface area contributed by atoms with Crippen LogP contribution < -0.4 is 5.73 Å². The lowest BCUT2D eigenvalue weighted by atomic mass is 10.0. The van der Waals surface area contributed by atoms with Gasteiger partial charge in [-0.1, -0.05) is 27.7 Å². The second-order valence-corrected chi connectivity index (χ2v) is 5.71. The number of nitrogens with two attached hydrogens (primary N) is 1. The van der Waals surface area contributed by atoms with Gasteiger partial charge in [-0.25, -0.2) is 0 Å². The van der Waals surface area contributed by atoms with E-state index in [0.29, 0.717) is 11.8 Å². The van der Waals surface area contributed by atoms with Crippen molar-refractivity contribution in [2.24, 2.45) is 17.6 Å². The molecular formula is C13H28N2O. The number of carbonyl (C=O) groups excluding carboxylic acids is 1. The van der Waals surface area contributed by atoms with Crippen LogP contribution in [0, 0.1) is 11.8 Å². The van der Waals surface area contributed by atoms with Gasteiger partial charge in [0.15, 0.2) is 0 Å². The largest absolute Gasteiger partial charge is 0.339 e. The quantitative estimate of drug-likeness (QED) is 0.758. The molecule has 0 aliphatic heterocycles. The van der Waals surface area contributed by atoms with Crippen LogP contribution in [-0.4, -0.2) is 29.4 Å². The zero-order valence-corrected chi connectivity index (χ0v) is 11.7. The van der Waals surface area contributed by atoms with Crippen molar-refractivity contribution in [3.63, 3.8) is 0 Å². The molecule has 2 N–H and O–H groups in total. The first-order valence-corrected chi connectivity index (χ1v) is 6.31. The Morgan fingerprint density at radius 2 is 1.56 bits per heavy atom. The molecule has 0 bridgehead atoms. The van der Waals surface area contributed by atoms with Crippen LogP contribution in [-0.2, 0) is 4.79 Å². The van der Waals surface area contributed by atoms with Crippen LogP contribution in [0.2, 0.25) is 0 Å². The predicted octanol–water partition coefficient (Wildman–Crippen LogP) is 2.25. The maximum Gasteiger partial charge on any atom is 0.239 e. The molecule has 0 heterocycles. The molecule has 0 aromatic rings. The van der Waals surface area contributed by atoms with E-state index in [1.54, 1.807) is 0 Å². The van der Waals surface area contributed by atoms with Crippen molar-refractivity contribution in [1.29, 1.82) is 0 Å². The zero-order valence-electron chi connectivity index (χ0n) is 11.7. The second kappa shape index (κ2) is 6.89. The predicted molar refractivity (Wildman–Crippen MR) is 69.1 cm³/mol. The molecule has 0 aliphatic rings. The van der Waals surface area contributed by atoms with Gasteiger partial charge in [-0.05, 0) is 32.1 Å². The molecule has 0 fully saturated rings. The molecular weight excluding hydrogens is 200 g/mol. The van der Waals surface area contributed by atoms with Crippen molar-refractivity contribution < 1.29 is 4.79 Å². The minimum atomic E-state index is -0.346. The Balaban J connectivity index is 4.48. The standard InChI is InChI=1S/C13H28N2O/c1-9(2)7-12(14)13(16)15(11(5)6)8-10(3)4/h9-12H,7-8,14H2,1-6H3/t12-/m0/s1. The third kappa shape index (κ3) is 5.50. The van der Waals surface area contributed by atoms with E-state index in [0.717, 1.165) is 13.0 Å². The van der Waals surface area contributed by atoms with Gasteiger partial charge < -0.3 is 10.6 Å². The lowest BCUT2D eigenvalue weighted by Crippen LogP contribution is -2.48. The van der Waals surface area contributed by atoms with Crippen LogP contribution in [0.25, 0.3) is 0 Å². The number of nitrogens with zero attached hydrogens (tertiary/aromatic N) is 1. The molecule has 1 atom stereocenters. The van der Waals surface area contributed by atoms with Gasteiger partial charge in [0.2, 0.25) is 5.91 Å². The molecule has 0 aliphatic carbocycles. The van der Waals surface area contributed by atoms with Crippen LogP contribution in [0.5, 0.6) is 0 Å². The van der Waals surface area contributed by atoms with Crippen LogP contribution in [0.4, 0.5) is 0 Å². The van der Waals surface area contributed by atoms with Crippen LogP contribution >= 0.6 is 0 Å². The first kappa shape index (κ1) is 15.4. The van der Waals surface area contributed by atoms with E-state index < -0.39 is 0 Å². The molecule has 0 aromatic carbocycles. The molecule has 0 unspecified atom stereocenters. The van der Waals surface area contributed by atoms with Gasteiger partial charge in [0.05, 0.1) is 6.04 Å². The molecule has 0 saturated carbocycles. The summed E-state index contributed by atoms with van der Waals surface area (Å²) < 4.78 is 0. The molecule has 16 heavy (non-hydrogen) atoms. The van der Waals surface area contributed by atoms with E-state index in [9.17, 15) is 4.79 Å². The van der Waals surface area contributed by atoms with Gasteiger partial charge in [0, 0.05) is 12.6 Å². The van der Waals surface area contributed by atoms with Gasteiger partial charge in [0.25, 0.3) is 0 Å². The summed E-state index contributed by atoms with van der Waals surface area (Å²) in [6.07, 6.45) is 0.764. The summed E-state index contributed by atoms with van der Waals surface area (Å²) in [5, 5.41) is 0.